The number of carbonyl (C=O) groups excluding carboxylic acids is 1. The maximum Gasteiger partial charge on any atom is 0.586 e. The molecular weight excluding hydrogens is 472 g/mol. The van der Waals surface area contributed by atoms with Crippen LogP contribution >= 0.6 is 0 Å². The van der Waals surface area contributed by atoms with Gasteiger partial charge in [0.25, 0.3) is 11.9 Å². The van der Waals surface area contributed by atoms with Gasteiger partial charge in [-0.1, -0.05) is 0 Å². The van der Waals surface area contributed by atoms with Crippen LogP contribution in [-0.4, -0.2) is 60.7 Å². The molecule has 0 aliphatic carbocycles. The lowest BCUT2D eigenvalue weighted by atomic mass is 9.92. The molecule has 3 aliphatic heterocycles. The second-order valence-electron chi connectivity index (χ2n) is 8.25. The molecular formula is C22H17F2N3O8. The normalized spacial score (nSPS) is 21.5. The van der Waals surface area contributed by atoms with Crippen molar-refractivity contribution < 1.29 is 46.8 Å². The SMILES string of the molecule is COc1ccc2nc(N3C4COCC3C4)oc2c1C(=O)Nc1cc2c(cc1C(=O)O)OC(F)(F)O2. The van der Waals surface area contributed by atoms with Crippen LogP contribution in [-0.2, 0) is 4.74 Å². The maximum absolute atomic E-state index is 13.5. The predicted molar refractivity (Wildman–Crippen MR) is 114 cm³/mol. The average Bonchev–Trinajstić information content (AvgIpc) is 3.36. The van der Waals surface area contributed by atoms with Crippen molar-refractivity contribution in [2.24, 2.45) is 0 Å². The number of amides is 1. The van der Waals surface area contributed by atoms with Gasteiger partial charge >= 0.3 is 12.3 Å². The van der Waals surface area contributed by atoms with Gasteiger partial charge in [0.2, 0.25) is 0 Å². The summed E-state index contributed by atoms with van der Waals surface area (Å²) in [7, 11) is 1.36. The second kappa shape index (κ2) is 7.43. The number of hydrogen-bond donors (Lipinski definition) is 2. The number of nitrogens with zero attached hydrogens (tertiary/aromatic N) is 2. The predicted octanol–water partition coefficient (Wildman–Crippen LogP) is 3.09. The molecule has 2 bridgehead atoms. The molecule has 11 nitrogen and oxygen atoms in total. The van der Waals surface area contributed by atoms with E-state index in [1.54, 1.807) is 6.07 Å². The van der Waals surface area contributed by atoms with Crippen LogP contribution in [0.4, 0.5) is 20.5 Å². The molecule has 13 heteroatoms. The number of nitrogens with one attached hydrogen (secondary N) is 1. The molecule has 0 saturated carbocycles. The number of alkyl halides is 2. The Morgan fingerprint density at radius 3 is 2.57 bits per heavy atom. The summed E-state index contributed by atoms with van der Waals surface area (Å²) in [5.74, 6) is -3.01. The van der Waals surface area contributed by atoms with Crippen LogP contribution in [0.25, 0.3) is 11.1 Å². The standard InChI is InChI=1S/C22H17F2N3O8/c1-31-14-3-2-12-18(33-21(26-12)27-9-4-10(27)8-32-7-9)17(14)19(28)25-13-6-16-15(5-11(13)20(29)30)34-22(23,24)35-16/h2-3,5-6,9-10H,4,7-8H2,1H3,(H,25,28)(H,29,30). The number of rotatable bonds is 5. The highest BCUT2D eigenvalue weighted by atomic mass is 19.3. The van der Waals surface area contributed by atoms with Crippen molar-refractivity contribution in [3.63, 3.8) is 0 Å². The van der Waals surface area contributed by atoms with Crippen molar-refractivity contribution in [2.75, 3.05) is 30.5 Å². The summed E-state index contributed by atoms with van der Waals surface area (Å²) in [6.45, 7) is 1.10. The molecule has 1 amide bonds. The zero-order chi connectivity index (χ0) is 24.5. The molecule has 6 rings (SSSR count). The van der Waals surface area contributed by atoms with Crippen LogP contribution in [0.2, 0.25) is 0 Å². The van der Waals surface area contributed by atoms with E-state index in [0.29, 0.717) is 24.7 Å². The fourth-order valence-electron chi connectivity index (χ4n) is 4.57. The van der Waals surface area contributed by atoms with Gasteiger partial charge in [-0.15, -0.1) is 8.78 Å². The number of carbonyl (C=O) groups is 2. The van der Waals surface area contributed by atoms with Crippen LogP contribution in [0.3, 0.4) is 0 Å². The van der Waals surface area contributed by atoms with Gasteiger partial charge in [0, 0.05) is 12.1 Å². The first kappa shape index (κ1) is 21.4. The second-order valence-corrected chi connectivity index (χ2v) is 8.25. The topological polar surface area (TPSA) is 133 Å². The van der Waals surface area contributed by atoms with Crippen LogP contribution < -0.4 is 24.4 Å². The number of fused-ring (bicyclic) bond motifs is 4. The Kier molecular flexibility index (Phi) is 4.55. The van der Waals surface area contributed by atoms with Crippen molar-refractivity contribution in [1.29, 1.82) is 0 Å². The smallest absolute Gasteiger partial charge is 0.496 e. The number of aromatic nitrogens is 1. The Labute approximate surface area is 195 Å². The van der Waals surface area contributed by atoms with Gasteiger partial charge in [-0.05, 0) is 18.6 Å². The third-order valence-electron chi connectivity index (χ3n) is 6.15. The molecule has 4 heterocycles. The highest BCUT2D eigenvalue weighted by Gasteiger charge is 2.46. The summed E-state index contributed by atoms with van der Waals surface area (Å²) in [5.41, 5.74) is -0.274. The van der Waals surface area contributed by atoms with Gasteiger partial charge in [-0.25, -0.2) is 4.79 Å². The summed E-state index contributed by atoms with van der Waals surface area (Å²) in [4.78, 5) is 31.6. The quantitative estimate of drug-likeness (QED) is 0.551. The lowest BCUT2D eigenvalue weighted by molar-refractivity contribution is -0.286. The number of oxazole rings is 1. The fraction of sp³-hybridized carbons (Fsp3) is 0.318. The molecule has 0 spiro atoms. The molecule has 2 atom stereocenters. The highest BCUT2D eigenvalue weighted by Crippen LogP contribution is 2.44. The van der Waals surface area contributed by atoms with E-state index < -0.39 is 35.2 Å². The summed E-state index contributed by atoms with van der Waals surface area (Å²) >= 11 is 0. The molecule has 2 N–H and O–H groups in total. The third-order valence-corrected chi connectivity index (χ3v) is 6.15. The van der Waals surface area contributed by atoms with Gasteiger partial charge in [0.05, 0.1) is 43.7 Å². The zero-order valence-electron chi connectivity index (χ0n) is 18.0. The summed E-state index contributed by atoms with van der Waals surface area (Å²) in [6, 6.07) is 5.57. The zero-order valence-corrected chi connectivity index (χ0v) is 18.0. The molecule has 3 aliphatic rings. The average molecular weight is 489 g/mol. The monoisotopic (exact) mass is 489 g/mol. The summed E-state index contributed by atoms with van der Waals surface area (Å²) < 4.78 is 52.4. The van der Waals surface area contributed by atoms with E-state index in [-0.39, 0.29) is 34.7 Å². The highest BCUT2D eigenvalue weighted by molar-refractivity contribution is 6.15. The Bertz CT molecular complexity index is 1380. The number of anilines is 2. The van der Waals surface area contributed by atoms with E-state index in [1.165, 1.54) is 13.2 Å². The number of carboxylic acids is 1. The molecule has 1 aromatic heterocycles. The van der Waals surface area contributed by atoms with E-state index in [2.05, 4.69) is 19.8 Å². The molecule has 182 valence electrons. The van der Waals surface area contributed by atoms with Crippen LogP contribution in [0.5, 0.6) is 17.2 Å². The minimum atomic E-state index is -3.95. The first-order valence-electron chi connectivity index (χ1n) is 10.6. The minimum Gasteiger partial charge on any atom is -0.496 e. The van der Waals surface area contributed by atoms with Gasteiger partial charge < -0.3 is 38.7 Å². The van der Waals surface area contributed by atoms with Crippen LogP contribution in [0.1, 0.15) is 27.1 Å². The molecule has 35 heavy (non-hydrogen) atoms. The Morgan fingerprint density at radius 1 is 1.20 bits per heavy atom. The van der Waals surface area contributed by atoms with Crippen molar-refractivity contribution in [2.45, 2.75) is 24.8 Å². The number of ether oxygens (including phenoxy) is 4. The number of hydrogen-bond acceptors (Lipinski definition) is 9. The number of morpholine rings is 1. The number of carboxylic acid groups (broad SMARTS) is 1. The number of benzene rings is 2. The molecule has 0 radical (unpaired) electrons. The number of halogens is 2. The lowest BCUT2D eigenvalue weighted by Gasteiger charge is -2.51. The Hall–Kier alpha value is -4.13. The van der Waals surface area contributed by atoms with Gasteiger partial charge in [0.15, 0.2) is 17.1 Å². The number of aromatic carboxylic acids is 1. The Balaban J connectivity index is 1.38. The van der Waals surface area contributed by atoms with Crippen LogP contribution in [0.15, 0.2) is 28.7 Å². The first-order valence-corrected chi connectivity index (χ1v) is 10.6. The van der Waals surface area contributed by atoms with Crippen LogP contribution in [0, 0.1) is 0 Å². The van der Waals surface area contributed by atoms with E-state index >= 15 is 0 Å². The van der Waals surface area contributed by atoms with E-state index in [4.69, 9.17) is 13.9 Å². The third kappa shape index (κ3) is 3.38. The number of methoxy groups -OCH3 is 1. The van der Waals surface area contributed by atoms with Gasteiger partial charge in [0.1, 0.15) is 16.8 Å². The maximum atomic E-state index is 13.5. The van der Waals surface area contributed by atoms with Crippen molar-refractivity contribution in [1.82, 2.24) is 4.98 Å². The van der Waals surface area contributed by atoms with Crippen molar-refractivity contribution in [3.8, 4) is 17.2 Å². The minimum absolute atomic E-state index is 0.0370. The van der Waals surface area contributed by atoms with Crippen molar-refractivity contribution in [3.05, 3.63) is 35.4 Å². The molecule has 2 aromatic carbocycles. The summed E-state index contributed by atoms with van der Waals surface area (Å²) in [5, 5.41) is 12.0. The molecule has 2 unspecified atom stereocenters. The lowest BCUT2D eigenvalue weighted by Crippen LogP contribution is -2.64. The molecule has 2 fully saturated rings. The summed E-state index contributed by atoms with van der Waals surface area (Å²) in [6.07, 6.45) is -3.00. The Morgan fingerprint density at radius 2 is 1.91 bits per heavy atom. The largest absolute Gasteiger partial charge is 0.586 e. The van der Waals surface area contributed by atoms with Gasteiger partial charge in [-0.2, -0.15) is 4.98 Å². The van der Waals surface area contributed by atoms with E-state index in [1.807, 2.05) is 4.90 Å². The molecule has 2 saturated heterocycles. The van der Waals surface area contributed by atoms with E-state index in [9.17, 15) is 23.5 Å². The molecule has 3 aromatic rings. The van der Waals surface area contributed by atoms with Gasteiger partial charge in [-0.3, -0.25) is 4.79 Å². The van der Waals surface area contributed by atoms with E-state index in [0.717, 1.165) is 18.6 Å². The van der Waals surface area contributed by atoms with Crippen molar-refractivity contribution >= 4 is 34.7 Å². The first-order chi connectivity index (χ1) is 16.7. The fourth-order valence-corrected chi connectivity index (χ4v) is 4.57.